The minimum absolute atomic E-state index is 0. The number of anilines is 1. The van der Waals surface area contributed by atoms with Gasteiger partial charge in [0.25, 0.3) is 0 Å². The lowest BCUT2D eigenvalue weighted by Crippen LogP contribution is -2.54. The normalized spacial score (nSPS) is 15.3. The molecule has 1 fully saturated rings. The number of benzene rings is 1. The van der Waals surface area contributed by atoms with Gasteiger partial charge in [0.1, 0.15) is 5.54 Å². The van der Waals surface area contributed by atoms with E-state index in [1.165, 1.54) is 0 Å². The smallest absolute Gasteiger partial charge is 0.248 e. The third-order valence-corrected chi connectivity index (χ3v) is 4.96. The van der Waals surface area contributed by atoms with E-state index in [-0.39, 0.29) is 24.2 Å². The first-order valence-electron chi connectivity index (χ1n) is 9.52. The van der Waals surface area contributed by atoms with Crippen molar-refractivity contribution in [2.45, 2.75) is 44.7 Å². The Morgan fingerprint density at radius 3 is 2.54 bits per heavy atom. The van der Waals surface area contributed by atoms with Crippen molar-refractivity contribution in [3.63, 3.8) is 0 Å². The van der Waals surface area contributed by atoms with E-state index >= 15 is 0 Å². The van der Waals surface area contributed by atoms with Crippen molar-refractivity contribution in [2.24, 2.45) is 0 Å². The zero-order valence-corrected chi connectivity index (χ0v) is 16.9. The van der Waals surface area contributed by atoms with E-state index in [9.17, 15) is 9.59 Å². The number of carbonyl (C=O) groups excluding carboxylic acids is 2. The molecule has 3 rings (SSSR count). The van der Waals surface area contributed by atoms with Crippen LogP contribution in [0.25, 0.3) is 0 Å². The van der Waals surface area contributed by atoms with Crippen LogP contribution in [0.5, 0.6) is 0 Å². The zero-order valence-electron chi connectivity index (χ0n) is 16.1. The third-order valence-electron chi connectivity index (χ3n) is 4.96. The largest absolute Gasteiger partial charge is 0.350 e. The quantitative estimate of drug-likeness (QED) is 0.660. The summed E-state index contributed by atoms with van der Waals surface area (Å²) in [5.41, 5.74) is 1.12. The Kier molecular flexibility index (Phi) is 8.02. The Morgan fingerprint density at radius 2 is 1.93 bits per heavy atom. The molecule has 0 unspecified atom stereocenters. The standard InChI is InChI=1S/C20H27N5O2.ClH/c1-2-4-18(26)24-17-7-5-16(6-8-17)15-22-19(27)20(9-12-21-13-10-20)25-14-3-11-23-25;/h3,5-8,11,14,21H,2,4,9-10,12-13,15H2,1H3,(H,22,27)(H,24,26);1H. The number of hydrogen-bond donors (Lipinski definition) is 3. The second kappa shape index (κ2) is 10.2. The van der Waals surface area contributed by atoms with Gasteiger partial charge >= 0.3 is 0 Å². The predicted molar refractivity (Wildman–Crippen MR) is 111 cm³/mol. The summed E-state index contributed by atoms with van der Waals surface area (Å²) in [6.07, 6.45) is 6.33. The SMILES string of the molecule is CCCC(=O)Nc1ccc(CNC(=O)C2(n3cccn3)CCNCC2)cc1.Cl. The lowest BCUT2D eigenvalue weighted by molar-refractivity contribution is -0.132. The molecule has 1 saturated heterocycles. The van der Waals surface area contributed by atoms with Gasteiger partial charge in [0, 0.05) is 31.0 Å². The highest BCUT2D eigenvalue weighted by Crippen LogP contribution is 2.27. The summed E-state index contributed by atoms with van der Waals surface area (Å²) in [5, 5.41) is 13.6. The summed E-state index contributed by atoms with van der Waals surface area (Å²) < 4.78 is 1.79. The number of carbonyl (C=O) groups is 2. The summed E-state index contributed by atoms with van der Waals surface area (Å²) in [6, 6.07) is 9.42. The maximum atomic E-state index is 13.0. The molecule has 2 amide bonds. The van der Waals surface area contributed by atoms with Gasteiger partial charge in [-0.05, 0) is 56.1 Å². The average molecular weight is 406 g/mol. The van der Waals surface area contributed by atoms with Gasteiger partial charge in [-0.25, -0.2) is 0 Å². The monoisotopic (exact) mass is 405 g/mol. The van der Waals surface area contributed by atoms with Crippen molar-refractivity contribution in [3.05, 3.63) is 48.3 Å². The molecule has 0 spiro atoms. The summed E-state index contributed by atoms with van der Waals surface area (Å²) in [7, 11) is 0. The van der Waals surface area contributed by atoms with Crippen molar-refractivity contribution >= 4 is 29.9 Å². The van der Waals surface area contributed by atoms with Gasteiger partial charge in [-0.15, -0.1) is 12.4 Å². The molecule has 28 heavy (non-hydrogen) atoms. The molecular formula is C20H28ClN5O2. The average Bonchev–Trinajstić information content (AvgIpc) is 3.23. The Bertz CT molecular complexity index is 755. The van der Waals surface area contributed by atoms with E-state index < -0.39 is 5.54 Å². The number of nitrogens with zero attached hydrogens (tertiary/aromatic N) is 2. The van der Waals surface area contributed by atoms with Crippen molar-refractivity contribution in [1.29, 1.82) is 0 Å². The van der Waals surface area contributed by atoms with Crippen LogP contribution >= 0.6 is 12.4 Å². The Labute approximate surface area is 171 Å². The topological polar surface area (TPSA) is 88.1 Å². The van der Waals surface area contributed by atoms with Gasteiger partial charge in [0.05, 0.1) is 0 Å². The number of aromatic nitrogens is 2. The summed E-state index contributed by atoms with van der Waals surface area (Å²) in [6.45, 7) is 4.00. The van der Waals surface area contributed by atoms with E-state index in [1.54, 1.807) is 10.9 Å². The van der Waals surface area contributed by atoms with E-state index in [2.05, 4.69) is 21.0 Å². The molecule has 0 bridgehead atoms. The van der Waals surface area contributed by atoms with Crippen LogP contribution in [0.2, 0.25) is 0 Å². The fourth-order valence-corrected chi connectivity index (χ4v) is 3.43. The van der Waals surface area contributed by atoms with Crippen LogP contribution in [-0.2, 0) is 21.7 Å². The van der Waals surface area contributed by atoms with Crippen LogP contribution in [0, 0.1) is 0 Å². The number of rotatable bonds is 7. The molecule has 152 valence electrons. The van der Waals surface area contributed by atoms with Gasteiger partial charge in [0.2, 0.25) is 11.8 Å². The Morgan fingerprint density at radius 1 is 1.21 bits per heavy atom. The van der Waals surface area contributed by atoms with Crippen molar-refractivity contribution < 1.29 is 9.59 Å². The van der Waals surface area contributed by atoms with E-state index in [0.717, 1.165) is 30.8 Å². The van der Waals surface area contributed by atoms with E-state index in [0.29, 0.717) is 25.8 Å². The maximum absolute atomic E-state index is 13.0. The molecule has 1 aromatic heterocycles. The summed E-state index contributed by atoms with van der Waals surface area (Å²) in [5.74, 6) is 0.0126. The molecule has 0 atom stereocenters. The number of halogens is 1. The zero-order chi connectivity index (χ0) is 19.1. The van der Waals surface area contributed by atoms with Gasteiger partial charge in [-0.1, -0.05) is 19.1 Å². The first-order chi connectivity index (χ1) is 13.1. The molecule has 0 saturated carbocycles. The minimum Gasteiger partial charge on any atom is -0.350 e. The van der Waals surface area contributed by atoms with Crippen LogP contribution in [0.3, 0.4) is 0 Å². The van der Waals surface area contributed by atoms with Crippen LogP contribution in [-0.4, -0.2) is 34.7 Å². The van der Waals surface area contributed by atoms with Crippen LogP contribution in [0.4, 0.5) is 5.69 Å². The van der Waals surface area contributed by atoms with Crippen LogP contribution < -0.4 is 16.0 Å². The maximum Gasteiger partial charge on any atom is 0.248 e. The highest BCUT2D eigenvalue weighted by atomic mass is 35.5. The lowest BCUT2D eigenvalue weighted by Gasteiger charge is -2.36. The molecular weight excluding hydrogens is 378 g/mol. The first kappa shape index (κ1) is 21.9. The molecule has 0 aliphatic carbocycles. The van der Waals surface area contributed by atoms with Crippen molar-refractivity contribution in [2.75, 3.05) is 18.4 Å². The molecule has 1 aliphatic rings. The van der Waals surface area contributed by atoms with Crippen molar-refractivity contribution in [1.82, 2.24) is 20.4 Å². The molecule has 2 aromatic rings. The number of amides is 2. The molecule has 8 heteroatoms. The molecule has 1 aliphatic heterocycles. The van der Waals surface area contributed by atoms with Crippen LogP contribution in [0.1, 0.15) is 38.2 Å². The summed E-state index contributed by atoms with van der Waals surface area (Å²) in [4.78, 5) is 24.7. The summed E-state index contributed by atoms with van der Waals surface area (Å²) >= 11 is 0. The molecule has 0 radical (unpaired) electrons. The fraction of sp³-hybridized carbons (Fsp3) is 0.450. The van der Waals surface area contributed by atoms with Gasteiger partial charge in [-0.3, -0.25) is 14.3 Å². The second-order valence-corrected chi connectivity index (χ2v) is 6.91. The van der Waals surface area contributed by atoms with Gasteiger partial charge in [0.15, 0.2) is 0 Å². The lowest BCUT2D eigenvalue weighted by atomic mass is 9.87. The molecule has 3 N–H and O–H groups in total. The number of hydrogen-bond acceptors (Lipinski definition) is 4. The highest BCUT2D eigenvalue weighted by Gasteiger charge is 2.41. The van der Waals surface area contributed by atoms with Crippen molar-refractivity contribution in [3.8, 4) is 0 Å². The van der Waals surface area contributed by atoms with E-state index in [4.69, 9.17) is 0 Å². The minimum atomic E-state index is -0.636. The van der Waals surface area contributed by atoms with E-state index in [1.807, 2.05) is 43.5 Å². The Hall–Kier alpha value is -2.38. The molecule has 2 heterocycles. The third kappa shape index (κ3) is 5.11. The number of piperidine rings is 1. The first-order valence-corrected chi connectivity index (χ1v) is 9.52. The molecule has 1 aromatic carbocycles. The Balaban J connectivity index is 0.00000280. The predicted octanol–water partition coefficient (Wildman–Crippen LogP) is 2.44. The highest BCUT2D eigenvalue weighted by molar-refractivity contribution is 5.90. The molecule has 7 nitrogen and oxygen atoms in total. The fourth-order valence-electron chi connectivity index (χ4n) is 3.43. The number of nitrogens with one attached hydrogen (secondary N) is 3. The van der Waals surface area contributed by atoms with Gasteiger partial charge < -0.3 is 16.0 Å². The second-order valence-electron chi connectivity index (χ2n) is 6.91. The van der Waals surface area contributed by atoms with Gasteiger partial charge in [-0.2, -0.15) is 5.10 Å². The van der Waals surface area contributed by atoms with Crippen LogP contribution in [0.15, 0.2) is 42.7 Å².